The van der Waals surface area contributed by atoms with Crippen LogP contribution in [-0.2, 0) is 22.7 Å². The van der Waals surface area contributed by atoms with Crippen LogP contribution in [-0.4, -0.2) is 18.9 Å². The van der Waals surface area contributed by atoms with Crippen LogP contribution in [0.1, 0.15) is 11.1 Å². The van der Waals surface area contributed by atoms with Crippen LogP contribution in [0.5, 0.6) is 0 Å². The summed E-state index contributed by atoms with van der Waals surface area (Å²) >= 11 is 5.37. The minimum absolute atomic E-state index is 0.00222. The van der Waals surface area contributed by atoms with Gasteiger partial charge in [0.05, 0.1) is 6.61 Å². The van der Waals surface area contributed by atoms with Gasteiger partial charge in [0.1, 0.15) is 5.88 Å². The smallest absolute Gasteiger partial charge is 0.235 e. The van der Waals surface area contributed by atoms with E-state index in [0.29, 0.717) is 13.2 Å². The average molecular weight is 228 g/mol. The summed E-state index contributed by atoms with van der Waals surface area (Å²) < 4.78 is 5.02. The Hall–Kier alpha value is -1.06. The molecule has 0 heterocycles. The molecule has 1 N–H and O–H groups in total. The van der Waals surface area contributed by atoms with Crippen LogP contribution in [0.15, 0.2) is 24.3 Å². The highest BCUT2D eigenvalue weighted by molar-refractivity contribution is 6.27. The molecule has 0 fully saturated rings. The number of methoxy groups -OCH3 is 1. The van der Waals surface area contributed by atoms with Crippen molar-refractivity contribution in [3.8, 4) is 0 Å². The molecule has 82 valence electrons. The van der Waals surface area contributed by atoms with Gasteiger partial charge in [-0.1, -0.05) is 24.3 Å². The van der Waals surface area contributed by atoms with Crippen LogP contribution in [0, 0.1) is 0 Å². The van der Waals surface area contributed by atoms with Gasteiger partial charge in [0.25, 0.3) is 0 Å². The van der Waals surface area contributed by atoms with Crippen molar-refractivity contribution in [2.75, 3.05) is 13.0 Å². The van der Waals surface area contributed by atoms with E-state index >= 15 is 0 Å². The summed E-state index contributed by atoms with van der Waals surface area (Å²) in [5.41, 5.74) is 2.14. The molecular weight excluding hydrogens is 214 g/mol. The number of rotatable bonds is 5. The van der Waals surface area contributed by atoms with Crippen molar-refractivity contribution in [2.24, 2.45) is 0 Å². The summed E-state index contributed by atoms with van der Waals surface area (Å²) in [7, 11) is 1.65. The van der Waals surface area contributed by atoms with Gasteiger partial charge < -0.3 is 10.1 Å². The molecule has 4 heteroatoms. The Kier molecular flexibility index (Phi) is 5.15. The minimum Gasteiger partial charge on any atom is -0.380 e. The highest BCUT2D eigenvalue weighted by Crippen LogP contribution is 2.06. The average Bonchev–Trinajstić information content (AvgIpc) is 2.27. The van der Waals surface area contributed by atoms with E-state index in [1.807, 2.05) is 24.3 Å². The van der Waals surface area contributed by atoms with Gasteiger partial charge in [-0.25, -0.2) is 0 Å². The molecule has 0 saturated heterocycles. The van der Waals surface area contributed by atoms with Gasteiger partial charge in [-0.05, 0) is 11.1 Å². The van der Waals surface area contributed by atoms with Gasteiger partial charge in [0.2, 0.25) is 5.91 Å². The molecule has 0 aliphatic carbocycles. The number of carbonyl (C=O) groups is 1. The first kappa shape index (κ1) is 12.0. The van der Waals surface area contributed by atoms with Crippen LogP contribution < -0.4 is 5.32 Å². The number of benzene rings is 1. The van der Waals surface area contributed by atoms with Crippen molar-refractivity contribution in [1.29, 1.82) is 0 Å². The van der Waals surface area contributed by atoms with Crippen LogP contribution in [0.3, 0.4) is 0 Å². The molecule has 0 bridgehead atoms. The van der Waals surface area contributed by atoms with Crippen LogP contribution in [0.4, 0.5) is 0 Å². The molecule has 0 aromatic heterocycles. The molecule has 0 radical (unpaired) electrons. The summed E-state index contributed by atoms with van der Waals surface area (Å²) in [4.78, 5) is 10.9. The number of hydrogen-bond acceptors (Lipinski definition) is 2. The second kappa shape index (κ2) is 6.43. The van der Waals surface area contributed by atoms with Crippen molar-refractivity contribution < 1.29 is 9.53 Å². The Morgan fingerprint density at radius 2 is 2.20 bits per heavy atom. The van der Waals surface area contributed by atoms with Crippen molar-refractivity contribution in [3.63, 3.8) is 0 Å². The zero-order valence-corrected chi connectivity index (χ0v) is 9.38. The molecule has 0 aliphatic heterocycles. The molecule has 0 aliphatic rings. The molecule has 0 saturated carbocycles. The molecule has 0 unspecified atom stereocenters. The topological polar surface area (TPSA) is 38.3 Å². The lowest BCUT2D eigenvalue weighted by Crippen LogP contribution is -2.23. The van der Waals surface area contributed by atoms with Crippen molar-refractivity contribution >= 4 is 17.5 Å². The van der Waals surface area contributed by atoms with Gasteiger partial charge in [-0.15, -0.1) is 11.6 Å². The summed E-state index contributed by atoms with van der Waals surface area (Å²) in [6.07, 6.45) is 0. The van der Waals surface area contributed by atoms with E-state index in [2.05, 4.69) is 5.32 Å². The molecule has 1 aromatic carbocycles. The first-order valence-corrected chi connectivity index (χ1v) is 5.19. The summed E-state index contributed by atoms with van der Waals surface area (Å²) in [6.45, 7) is 1.08. The van der Waals surface area contributed by atoms with E-state index < -0.39 is 0 Å². The number of hydrogen-bond donors (Lipinski definition) is 1. The van der Waals surface area contributed by atoms with Gasteiger partial charge in [0, 0.05) is 13.7 Å². The number of ether oxygens (including phenoxy) is 1. The predicted molar refractivity (Wildman–Crippen MR) is 59.7 cm³/mol. The zero-order chi connectivity index (χ0) is 11.1. The van der Waals surface area contributed by atoms with Gasteiger partial charge >= 0.3 is 0 Å². The number of amides is 1. The van der Waals surface area contributed by atoms with Crippen molar-refractivity contribution in [1.82, 2.24) is 5.32 Å². The monoisotopic (exact) mass is 227 g/mol. The SMILES string of the molecule is COCc1cccc(CNC(=O)CCl)c1. The Morgan fingerprint density at radius 3 is 2.87 bits per heavy atom. The molecule has 1 aromatic rings. The highest BCUT2D eigenvalue weighted by atomic mass is 35.5. The maximum Gasteiger partial charge on any atom is 0.235 e. The highest BCUT2D eigenvalue weighted by Gasteiger charge is 1.99. The van der Waals surface area contributed by atoms with E-state index in [9.17, 15) is 4.79 Å². The first-order chi connectivity index (χ1) is 7.26. The fourth-order valence-corrected chi connectivity index (χ4v) is 1.34. The standard InChI is InChI=1S/C11H14ClNO2/c1-15-8-10-4-2-3-9(5-10)7-13-11(14)6-12/h2-5H,6-8H2,1H3,(H,13,14). The van der Waals surface area contributed by atoms with E-state index in [4.69, 9.17) is 16.3 Å². The number of nitrogens with one attached hydrogen (secondary N) is 1. The fourth-order valence-electron chi connectivity index (χ4n) is 1.24. The molecule has 1 amide bonds. The predicted octanol–water partition coefficient (Wildman–Crippen LogP) is 1.69. The van der Waals surface area contributed by atoms with Crippen LogP contribution in [0.2, 0.25) is 0 Å². The lowest BCUT2D eigenvalue weighted by atomic mass is 10.1. The third-order valence-electron chi connectivity index (χ3n) is 1.91. The third-order valence-corrected chi connectivity index (χ3v) is 2.16. The normalized spacial score (nSPS) is 10.0. The molecule has 0 spiro atoms. The largest absolute Gasteiger partial charge is 0.380 e. The molecular formula is C11H14ClNO2. The quantitative estimate of drug-likeness (QED) is 0.778. The maximum atomic E-state index is 10.9. The molecule has 15 heavy (non-hydrogen) atoms. The Morgan fingerprint density at radius 1 is 1.47 bits per heavy atom. The van der Waals surface area contributed by atoms with E-state index in [-0.39, 0.29) is 11.8 Å². The number of halogens is 1. The van der Waals surface area contributed by atoms with E-state index in [0.717, 1.165) is 11.1 Å². The second-order valence-electron chi connectivity index (χ2n) is 3.16. The van der Waals surface area contributed by atoms with Gasteiger partial charge in [-0.2, -0.15) is 0 Å². The molecule has 1 rings (SSSR count). The number of alkyl halides is 1. The summed E-state index contributed by atoms with van der Waals surface area (Å²) in [5, 5.41) is 2.71. The van der Waals surface area contributed by atoms with Gasteiger partial charge in [0.15, 0.2) is 0 Å². The Bertz CT molecular complexity index is 328. The van der Waals surface area contributed by atoms with E-state index in [1.165, 1.54) is 0 Å². The lowest BCUT2D eigenvalue weighted by Gasteiger charge is -2.05. The third kappa shape index (κ3) is 4.32. The second-order valence-corrected chi connectivity index (χ2v) is 3.43. The van der Waals surface area contributed by atoms with Crippen LogP contribution >= 0.6 is 11.6 Å². The minimum atomic E-state index is -0.159. The van der Waals surface area contributed by atoms with Crippen LogP contribution in [0.25, 0.3) is 0 Å². The van der Waals surface area contributed by atoms with E-state index in [1.54, 1.807) is 7.11 Å². The van der Waals surface area contributed by atoms with Crippen molar-refractivity contribution in [3.05, 3.63) is 35.4 Å². The summed E-state index contributed by atoms with van der Waals surface area (Å²) in [5.74, 6) is -0.161. The first-order valence-electron chi connectivity index (χ1n) is 4.65. The van der Waals surface area contributed by atoms with Crippen molar-refractivity contribution in [2.45, 2.75) is 13.2 Å². The maximum absolute atomic E-state index is 10.9. The Balaban J connectivity index is 2.53. The van der Waals surface area contributed by atoms with Gasteiger partial charge in [-0.3, -0.25) is 4.79 Å². The fraction of sp³-hybridized carbons (Fsp3) is 0.364. The molecule has 3 nitrogen and oxygen atoms in total. The zero-order valence-electron chi connectivity index (χ0n) is 8.63. The number of carbonyl (C=O) groups excluding carboxylic acids is 1. The Labute approximate surface area is 94.4 Å². The molecule has 0 atom stereocenters. The summed E-state index contributed by atoms with van der Waals surface area (Å²) in [6, 6.07) is 7.87. The lowest BCUT2D eigenvalue weighted by molar-refractivity contribution is -0.118.